The third kappa shape index (κ3) is 6.53. The van der Waals surface area contributed by atoms with E-state index < -0.39 is 0 Å². The van der Waals surface area contributed by atoms with Gasteiger partial charge in [-0.2, -0.15) is 0 Å². The Kier molecular flexibility index (Phi) is 9.03. The Bertz CT molecular complexity index is 835. The van der Waals surface area contributed by atoms with Gasteiger partial charge in [0.05, 0.1) is 13.2 Å². The van der Waals surface area contributed by atoms with Crippen molar-refractivity contribution in [1.82, 2.24) is 0 Å². The van der Waals surface area contributed by atoms with Crippen molar-refractivity contribution in [2.24, 2.45) is 0 Å². The summed E-state index contributed by atoms with van der Waals surface area (Å²) in [4.78, 5) is 12.5. The molecule has 0 bridgehead atoms. The van der Waals surface area contributed by atoms with E-state index >= 15 is 0 Å². The molecule has 0 aromatic heterocycles. The topological polar surface area (TPSA) is 44.8 Å². The van der Waals surface area contributed by atoms with E-state index in [0.29, 0.717) is 31.1 Å². The van der Waals surface area contributed by atoms with Crippen LogP contribution in [0.2, 0.25) is 0 Å². The summed E-state index contributed by atoms with van der Waals surface area (Å²) in [5.74, 6) is 2.14. The fraction of sp³-hybridized carbons (Fsp3) is 0.320. The number of hydrogen-bond acceptors (Lipinski definition) is 4. The Morgan fingerprint density at radius 1 is 0.966 bits per heavy atom. The molecule has 0 N–H and O–H groups in total. The van der Waals surface area contributed by atoms with E-state index in [-0.39, 0.29) is 5.78 Å². The van der Waals surface area contributed by atoms with Crippen LogP contribution < -0.4 is 14.2 Å². The number of rotatable bonds is 12. The smallest absolute Gasteiger partial charge is 0.185 e. The first-order chi connectivity index (χ1) is 14.1. The number of ketones is 1. The Labute approximate surface area is 173 Å². The number of ether oxygens (including phenoxy) is 3. The monoisotopic (exact) mass is 394 g/mol. The van der Waals surface area contributed by atoms with Gasteiger partial charge in [-0.05, 0) is 61.7 Å². The molecule has 0 radical (unpaired) electrons. The predicted octanol–water partition coefficient (Wildman–Crippen LogP) is 6.03. The van der Waals surface area contributed by atoms with Gasteiger partial charge in [-0.3, -0.25) is 4.79 Å². The van der Waals surface area contributed by atoms with Crippen molar-refractivity contribution in [3.8, 4) is 17.2 Å². The molecule has 0 spiro atoms. The van der Waals surface area contributed by atoms with E-state index in [1.165, 1.54) is 0 Å². The minimum absolute atomic E-state index is 0.0676. The van der Waals surface area contributed by atoms with Crippen LogP contribution in [0.25, 0.3) is 6.08 Å². The maximum absolute atomic E-state index is 12.5. The summed E-state index contributed by atoms with van der Waals surface area (Å²) in [6, 6.07) is 10.9. The van der Waals surface area contributed by atoms with Crippen LogP contribution in [0.3, 0.4) is 0 Å². The van der Waals surface area contributed by atoms with Gasteiger partial charge in [-0.1, -0.05) is 38.6 Å². The fourth-order valence-electron chi connectivity index (χ4n) is 2.70. The maximum atomic E-state index is 12.5. The third-order valence-corrected chi connectivity index (χ3v) is 4.24. The molecule has 4 nitrogen and oxygen atoms in total. The molecule has 0 atom stereocenters. The average Bonchev–Trinajstić information content (AvgIpc) is 2.75. The lowest BCUT2D eigenvalue weighted by Crippen LogP contribution is -2.03. The summed E-state index contributed by atoms with van der Waals surface area (Å²) >= 11 is 0. The van der Waals surface area contributed by atoms with Crippen molar-refractivity contribution < 1.29 is 19.0 Å². The lowest BCUT2D eigenvalue weighted by atomic mass is 10.0. The van der Waals surface area contributed by atoms with E-state index in [0.717, 1.165) is 35.5 Å². The van der Waals surface area contributed by atoms with Crippen LogP contribution in [-0.4, -0.2) is 25.6 Å². The Morgan fingerprint density at radius 2 is 1.66 bits per heavy atom. The molecule has 4 heteroatoms. The zero-order valence-corrected chi connectivity index (χ0v) is 17.6. The second kappa shape index (κ2) is 11.7. The van der Waals surface area contributed by atoms with E-state index in [1.807, 2.05) is 25.1 Å². The number of allylic oxidation sites excluding steroid dienone is 1. The van der Waals surface area contributed by atoms with Crippen LogP contribution >= 0.6 is 0 Å². The molecule has 0 heterocycles. The second-order valence-corrected chi connectivity index (χ2v) is 6.63. The Morgan fingerprint density at radius 3 is 2.31 bits per heavy atom. The molecule has 29 heavy (non-hydrogen) atoms. The highest BCUT2D eigenvalue weighted by Crippen LogP contribution is 2.34. The van der Waals surface area contributed by atoms with Crippen LogP contribution in [0, 0.1) is 6.92 Å². The summed E-state index contributed by atoms with van der Waals surface area (Å²) in [7, 11) is 0. The summed E-state index contributed by atoms with van der Waals surface area (Å²) in [6.45, 7) is 11.4. The summed E-state index contributed by atoms with van der Waals surface area (Å²) in [5, 5.41) is 0. The zero-order chi connectivity index (χ0) is 21.1. The van der Waals surface area contributed by atoms with Gasteiger partial charge in [0.2, 0.25) is 0 Å². The summed E-state index contributed by atoms with van der Waals surface area (Å²) in [5.41, 5.74) is 2.50. The van der Waals surface area contributed by atoms with Crippen LogP contribution in [0.15, 0.2) is 55.1 Å². The molecule has 0 aliphatic rings. The first-order valence-corrected chi connectivity index (χ1v) is 10.1. The first kappa shape index (κ1) is 22.3. The van der Waals surface area contributed by atoms with E-state index in [9.17, 15) is 4.79 Å². The molecule has 2 aromatic carbocycles. The molecule has 2 aromatic rings. The van der Waals surface area contributed by atoms with Crippen molar-refractivity contribution in [2.75, 3.05) is 19.8 Å². The summed E-state index contributed by atoms with van der Waals surface area (Å²) in [6.07, 6.45) is 6.93. The van der Waals surface area contributed by atoms with Gasteiger partial charge in [0.1, 0.15) is 12.4 Å². The average molecular weight is 395 g/mol. The lowest BCUT2D eigenvalue weighted by Gasteiger charge is -2.16. The number of carbonyl (C=O) groups is 1. The molecule has 0 fully saturated rings. The first-order valence-electron chi connectivity index (χ1n) is 10.1. The van der Waals surface area contributed by atoms with Crippen molar-refractivity contribution in [2.45, 2.75) is 33.6 Å². The van der Waals surface area contributed by atoms with E-state index in [1.54, 1.807) is 36.4 Å². The zero-order valence-electron chi connectivity index (χ0n) is 17.6. The molecule has 0 saturated heterocycles. The van der Waals surface area contributed by atoms with Crippen molar-refractivity contribution in [3.63, 3.8) is 0 Å². The highest BCUT2D eigenvalue weighted by atomic mass is 16.5. The minimum atomic E-state index is -0.0676. The van der Waals surface area contributed by atoms with Gasteiger partial charge >= 0.3 is 0 Å². The normalized spacial score (nSPS) is 10.7. The fourth-order valence-corrected chi connectivity index (χ4v) is 2.70. The van der Waals surface area contributed by atoms with Crippen molar-refractivity contribution in [3.05, 3.63) is 71.8 Å². The molecule has 2 rings (SSSR count). The minimum Gasteiger partial charge on any atom is -0.490 e. The molecular formula is C25H30O4. The van der Waals surface area contributed by atoms with Crippen LogP contribution in [0.4, 0.5) is 0 Å². The maximum Gasteiger partial charge on any atom is 0.185 e. The van der Waals surface area contributed by atoms with E-state index in [2.05, 4.69) is 20.4 Å². The summed E-state index contributed by atoms with van der Waals surface area (Å²) < 4.78 is 17.2. The van der Waals surface area contributed by atoms with Crippen molar-refractivity contribution >= 4 is 11.9 Å². The number of benzene rings is 2. The van der Waals surface area contributed by atoms with Gasteiger partial charge < -0.3 is 14.2 Å². The van der Waals surface area contributed by atoms with Crippen LogP contribution in [0.5, 0.6) is 17.2 Å². The largest absolute Gasteiger partial charge is 0.490 e. The van der Waals surface area contributed by atoms with Crippen molar-refractivity contribution in [1.29, 1.82) is 0 Å². The molecular weight excluding hydrogens is 364 g/mol. The third-order valence-electron chi connectivity index (χ3n) is 4.24. The van der Waals surface area contributed by atoms with Gasteiger partial charge in [0, 0.05) is 11.1 Å². The van der Waals surface area contributed by atoms with Crippen LogP contribution in [-0.2, 0) is 0 Å². The Balaban J connectivity index is 2.17. The van der Waals surface area contributed by atoms with Gasteiger partial charge in [0.25, 0.3) is 0 Å². The highest BCUT2D eigenvalue weighted by Gasteiger charge is 2.12. The molecule has 0 amide bonds. The molecule has 0 aliphatic heterocycles. The number of carbonyl (C=O) groups excluding carboxylic acids is 1. The standard InChI is InChI=1S/C25H30O4/c1-5-16-27-22-12-8-21(9-13-22)23(26)14-10-20-11-15-24(28-17-6-2)25(19(20)4)29-18-7-3/h5,8-15H,1,6-7,16-18H2,2-4H3/b14-10+. The molecule has 154 valence electrons. The molecule has 0 saturated carbocycles. The second-order valence-electron chi connectivity index (χ2n) is 6.63. The van der Waals surface area contributed by atoms with E-state index in [4.69, 9.17) is 14.2 Å². The Hall–Kier alpha value is -3.01. The van der Waals surface area contributed by atoms with Gasteiger partial charge in [-0.25, -0.2) is 0 Å². The SMILES string of the molecule is C=CCOc1ccc(C(=O)/C=C/c2ccc(OCCC)c(OCCC)c2C)cc1. The quantitative estimate of drug-likeness (QED) is 0.250. The van der Waals surface area contributed by atoms with Crippen LogP contribution in [0.1, 0.15) is 48.2 Å². The highest BCUT2D eigenvalue weighted by molar-refractivity contribution is 6.07. The molecule has 0 unspecified atom stereocenters. The molecule has 0 aliphatic carbocycles. The number of hydrogen-bond donors (Lipinski definition) is 0. The predicted molar refractivity (Wildman–Crippen MR) is 118 cm³/mol. The van der Waals surface area contributed by atoms with Gasteiger partial charge in [-0.15, -0.1) is 0 Å². The van der Waals surface area contributed by atoms with Gasteiger partial charge in [0.15, 0.2) is 17.3 Å². The lowest BCUT2D eigenvalue weighted by molar-refractivity contribution is 0.104.